The Hall–Kier alpha value is -3.33. The van der Waals surface area contributed by atoms with Gasteiger partial charge in [-0.15, -0.1) is 0 Å². The fourth-order valence-corrected chi connectivity index (χ4v) is 4.66. The summed E-state index contributed by atoms with van der Waals surface area (Å²) in [4.78, 5) is 37.5. The van der Waals surface area contributed by atoms with Gasteiger partial charge in [-0.25, -0.2) is 9.37 Å². The molecule has 32 heavy (non-hydrogen) atoms. The van der Waals surface area contributed by atoms with Gasteiger partial charge in [0.15, 0.2) is 0 Å². The van der Waals surface area contributed by atoms with Gasteiger partial charge in [-0.3, -0.25) is 19.2 Å². The Balaban J connectivity index is 1.35. The maximum Gasteiger partial charge on any atom is 0.256 e. The van der Waals surface area contributed by atoms with Crippen molar-refractivity contribution >= 4 is 5.91 Å². The van der Waals surface area contributed by atoms with Crippen LogP contribution < -0.4 is 5.56 Å². The molecule has 1 fully saturated rings. The van der Waals surface area contributed by atoms with Gasteiger partial charge in [-0.05, 0) is 43.7 Å². The van der Waals surface area contributed by atoms with E-state index < -0.39 is 0 Å². The molecule has 1 atom stereocenters. The molecule has 0 radical (unpaired) electrons. The largest absolute Gasteiger partial charge is 0.334 e. The minimum atomic E-state index is -0.386. The third-order valence-corrected chi connectivity index (χ3v) is 6.29. The molecule has 5 rings (SSSR count). The number of aryl methyl sites for hydroxylation is 1. The number of hydrogen-bond donors (Lipinski definition) is 1. The number of amides is 1. The van der Waals surface area contributed by atoms with Gasteiger partial charge in [0, 0.05) is 43.9 Å². The zero-order valence-corrected chi connectivity index (χ0v) is 17.9. The third-order valence-electron chi connectivity index (χ3n) is 6.29. The van der Waals surface area contributed by atoms with E-state index in [0.29, 0.717) is 29.9 Å². The Labute approximate surface area is 184 Å². The summed E-state index contributed by atoms with van der Waals surface area (Å²) < 4.78 is 15.0. The number of hydrogen-bond acceptors (Lipinski definition) is 5. The first-order valence-electron chi connectivity index (χ1n) is 10.9. The molecule has 8 nitrogen and oxygen atoms in total. The molecule has 2 aliphatic heterocycles. The first-order chi connectivity index (χ1) is 15.5. The quantitative estimate of drug-likeness (QED) is 0.678. The minimum absolute atomic E-state index is 0.0621. The molecule has 0 bridgehead atoms. The monoisotopic (exact) mass is 436 g/mol. The molecule has 1 unspecified atom stereocenters. The molecule has 1 aromatic carbocycles. The van der Waals surface area contributed by atoms with Crippen molar-refractivity contribution in [1.82, 2.24) is 29.5 Å². The number of nitrogens with zero attached hydrogens (tertiary/aromatic N) is 5. The molecule has 1 amide bonds. The third kappa shape index (κ3) is 3.95. The number of carbonyl (C=O) groups is 1. The number of rotatable bonds is 4. The van der Waals surface area contributed by atoms with Crippen molar-refractivity contribution in [3.63, 3.8) is 0 Å². The van der Waals surface area contributed by atoms with E-state index >= 15 is 0 Å². The van der Waals surface area contributed by atoms with Crippen LogP contribution in [0.4, 0.5) is 4.39 Å². The van der Waals surface area contributed by atoms with E-state index in [9.17, 15) is 14.0 Å². The Morgan fingerprint density at radius 2 is 2.06 bits per heavy atom. The molecule has 2 aromatic heterocycles. The summed E-state index contributed by atoms with van der Waals surface area (Å²) >= 11 is 0. The number of halogens is 1. The number of benzene rings is 1. The highest BCUT2D eigenvalue weighted by Crippen LogP contribution is 2.31. The SMILES string of the molecule is Cn1cc(CN2CCCC2c2nc3c(c(=O)[nH]2)CN(C(=O)c2ccc(F)cc2)CC3)cn1. The fraction of sp³-hybridized carbons (Fsp3) is 0.391. The Kier molecular flexibility index (Phi) is 5.34. The summed E-state index contributed by atoms with van der Waals surface area (Å²) in [7, 11) is 1.90. The van der Waals surface area contributed by atoms with Gasteiger partial charge < -0.3 is 9.88 Å². The maximum absolute atomic E-state index is 13.2. The first-order valence-corrected chi connectivity index (χ1v) is 10.9. The molecule has 1 saturated heterocycles. The van der Waals surface area contributed by atoms with Crippen molar-refractivity contribution in [2.45, 2.75) is 38.4 Å². The highest BCUT2D eigenvalue weighted by atomic mass is 19.1. The smallest absolute Gasteiger partial charge is 0.256 e. The number of aromatic nitrogens is 4. The standard InChI is InChI=1S/C23H25FN6O2/c1-28-12-15(11-25-28)13-29-9-2-3-20(29)21-26-19-8-10-30(14-18(19)22(31)27-21)23(32)16-4-6-17(24)7-5-16/h4-7,11-12,20H,2-3,8-10,13-14H2,1H3,(H,26,27,31). The van der Waals surface area contributed by atoms with Crippen LogP contribution in [0.1, 0.15) is 51.9 Å². The molecule has 4 heterocycles. The summed E-state index contributed by atoms with van der Waals surface area (Å²) in [5, 5.41) is 4.24. The molecule has 166 valence electrons. The number of H-pyrrole nitrogens is 1. The van der Waals surface area contributed by atoms with Crippen LogP contribution in [0.15, 0.2) is 41.5 Å². The van der Waals surface area contributed by atoms with Crippen molar-refractivity contribution in [1.29, 1.82) is 0 Å². The Morgan fingerprint density at radius 3 is 2.81 bits per heavy atom. The van der Waals surface area contributed by atoms with Crippen LogP contribution >= 0.6 is 0 Å². The lowest BCUT2D eigenvalue weighted by atomic mass is 10.0. The maximum atomic E-state index is 13.2. The number of aromatic amines is 1. The van der Waals surface area contributed by atoms with Gasteiger partial charge >= 0.3 is 0 Å². The molecular weight excluding hydrogens is 411 g/mol. The summed E-state index contributed by atoms with van der Waals surface area (Å²) in [6.07, 6.45) is 6.38. The second-order valence-electron chi connectivity index (χ2n) is 8.51. The van der Waals surface area contributed by atoms with Crippen molar-refractivity contribution in [3.8, 4) is 0 Å². The Bertz CT molecular complexity index is 1200. The lowest BCUT2D eigenvalue weighted by molar-refractivity contribution is 0.0732. The zero-order valence-electron chi connectivity index (χ0n) is 17.9. The molecule has 9 heteroatoms. The van der Waals surface area contributed by atoms with Crippen molar-refractivity contribution < 1.29 is 9.18 Å². The van der Waals surface area contributed by atoms with E-state index in [4.69, 9.17) is 4.98 Å². The average Bonchev–Trinajstić information content (AvgIpc) is 3.42. The Morgan fingerprint density at radius 1 is 1.25 bits per heavy atom. The number of nitrogens with one attached hydrogen (secondary N) is 1. The summed E-state index contributed by atoms with van der Waals surface area (Å²) in [5.74, 6) is 0.106. The second kappa shape index (κ2) is 8.31. The molecule has 2 aliphatic rings. The van der Waals surface area contributed by atoms with Gasteiger partial charge in [-0.1, -0.05) is 0 Å². The van der Waals surface area contributed by atoms with Crippen LogP contribution in [0.3, 0.4) is 0 Å². The van der Waals surface area contributed by atoms with Crippen LogP contribution in [0.25, 0.3) is 0 Å². The van der Waals surface area contributed by atoms with E-state index in [1.54, 1.807) is 9.58 Å². The summed E-state index contributed by atoms with van der Waals surface area (Å²) in [6, 6.07) is 5.53. The minimum Gasteiger partial charge on any atom is -0.334 e. The van der Waals surface area contributed by atoms with Crippen LogP contribution in [-0.4, -0.2) is 48.5 Å². The molecule has 0 spiro atoms. The molecule has 3 aromatic rings. The van der Waals surface area contributed by atoms with E-state index in [1.165, 1.54) is 24.3 Å². The van der Waals surface area contributed by atoms with Crippen molar-refractivity contribution in [3.05, 3.63) is 81.0 Å². The lowest BCUT2D eigenvalue weighted by Gasteiger charge is -2.29. The molecule has 0 aliphatic carbocycles. The predicted octanol–water partition coefficient (Wildman–Crippen LogP) is 2.18. The average molecular weight is 436 g/mol. The van der Waals surface area contributed by atoms with Crippen LogP contribution in [0, 0.1) is 5.82 Å². The van der Waals surface area contributed by atoms with Crippen molar-refractivity contribution in [2.24, 2.45) is 7.05 Å². The molecular formula is C23H25FN6O2. The summed E-state index contributed by atoms with van der Waals surface area (Å²) in [5.41, 5.74) is 2.66. The van der Waals surface area contributed by atoms with Gasteiger partial charge in [0.2, 0.25) is 0 Å². The lowest BCUT2D eigenvalue weighted by Crippen LogP contribution is -2.40. The summed E-state index contributed by atoms with van der Waals surface area (Å²) in [6.45, 7) is 2.39. The topological polar surface area (TPSA) is 87.1 Å². The van der Waals surface area contributed by atoms with Gasteiger partial charge in [0.05, 0.1) is 30.0 Å². The van der Waals surface area contributed by atoms with E-state index in [-0.39, 0.29) is 29.9 Å². The highest BCUT2D eigenvalue weighted by Gasteiger charge is 2.31. The number of likely N-dealkylation sites (tertiary alicyclic amines) is 1. The van der Waals surface area contributed by atoms with Crippen LogP contribution in [-0.2, 0) is 26.6 Å². The first kappa shape index (κ1) is 20.6. The van der Waals surface area contributed by atoms with Gasteiger partial charge in [-0.2, -0.15) is 5.10 Å². The molecule has 1 N–H and O–H groups in total. The van der Waals surface area contributed by atoms with Gasteiger partial charge in [0.25, 0.3) is 11.5 Å². The number of fused-ring (bicyclic) bond motifs is 1. The number of carbonyl (C=O) groups excluding carboxylic acids is 1. The van der Waals surface area contributed by atoms with Crippen molar-refractivity contribution in [2.75, 3.05) is 13.1 Å². The van der Waals surface area contributed by atoms with E-state index in [0.717, 1.165) is 37.2 Å². The zero-order chi connectivity index (χ0) is 22.2. The fourth-order valence-electron chi connectivity index (χ4n) is 4.66. The highest BCUT2D eigenvalue weighted by molar-refractivity contribution is 5.94. The second-order valence-corrected chi connectivity index (χ2v) is 8.51. The van der Waals surface area contributed by atoms with E-state index in [1.807, 2.05) is 19.4 Å². The normalized spacial score (nSPS) is 18.7. The predicted molar refractivity (Wildman–Crippen MR) is 115 cm³/mol. The van der Waals surface area contributed by atoms with Crippen LogP contribution in [0.2, 0.25) is 0 Å². The van der Waals surface area contributed by atoms with Gasteiger partial charge in [0.1, 0.15) is 11.6 Å². The van der Waals surface area contributed by atoms with Crippen LogP contribution in [0.5, 0.6) is 0 Å². The molecule has 0 saturated carbocycles. The van der Waals surface area contributed by atoms with E-state index in [2.05, 4.69) is 15.0 Å².